The van der Waals surface area contributed by atoms with Gasteiger partial charge in [-0.15, -0.1) is 0 Å². The third kappa shape index (κ3) is 2.25. The lowest BCUT2D eigenvalue weighted by Gasteiger charge is -2.24. The Morgan fingerprint density at radius 2 is 2.12 bits per heavy atom. The van der Waals surface area contributed by atoms with Gasteiger partial charge in [-0.3, -0.25) is 4.79 Å². The summed E-state index contributed by atoms with van der Waals surface area (Å²) < 4.78 is 10.2. The minimum atomic E-state index is -1.09. The molecule has 0 aliphatic carbocycles. The second kappa shape index (κ2) is 4.49. The molecule has 4 heteroatoms. The third-order valence-electron chi connectivity index (χ3n) is 2.89. The summed E-state index contributed by atoms with van der Waals surface area (Å²) in [6.07, 6.45) is 1.76. The Morgan fingerprint density at radius 1 is 1.41 bits per heavy atom. The standard InChI is InChI=1S/C13H14O4/c1-13(12(14)15,11-8-16-9-17-11)7-10-5-3-2-4-6-10/h2-6,8H,7,9H2,1H3,(H,14,15). The highest BCUT2D eigenvalue weighted by molar-refractivity contribution is 5.78. The second-order valence-corrected chi connectivity index (χ2v) is 4.21. The van der Waals surface area contributed by atoms with Gasteiger partial charge in [-0.05, 0) is 18.9 Å². The molecular weight excluding hydrogens is 220 g/mol. The van der Waals surface area contributed by atoms with E-state index in [1.165, 1.54) is 6.26 Å². The average molecular weight is 234 g/mol. The van der Waals surface area contributed by atoms with Crippen LogP contribution in [0.25, 0.3) is 0 Å². The zero-order valence-electron chi connectivity index (χ0n) is 9.55. The Balaban J connectivity index is 2.26. The molecule has 17 heavy (non-hydrogen) atoms. The molecule has 0 aromatic heterocycles. The smallest absolute Gasteiger partial charge is 0.317 e. The number of carbonyl (C=O) groups is 1. The van der Waals surface area contributed by atoms with Crippen molar-refractivity contribution in [3.05, 3.63) is 47.9 Å². The van der Waals surface area contributed by atoms with Crippen LogP contribution in [-0.4, -0.2) is 17.9 Å². The molecule has 0 saturated heterocycles. The fraction of sp³-hybridized carbons (Fsp3) is 0.308. The zero-order chi connectivity index (χ0) is 12.3. The van der Waals surface area contributed by atoms with Gasteiger partial charge in [0.2, 0.25) is 6.79 Å². The van der Waals surface area contributed by atoms with Crippen LogP contribution in [0.2, 0.25) is 0 Å². The van der Waals surface area contributed by atoms with Crippen molar-refractivity contribution in [2.75, 3.05) is 6.79 Å². The van der Waals surface area contributed by atoms with Gasteiger partial charge in [-0.2, -0.15) is 0 Å². The Morgan fingerprint density at radius 3 is 2.65 bits per heavy atom. The Labute approximate surface area is 99.5 Å². The molecule has 4 nitrogen and oxygen atoms in total. The van der Waals surface area contributed by atoms with Crippen molar-refractivity contribution in [2.24, 2.45) is 5.41 Å². The van der Waals surface area contributed by atoms with Gasteiger partial charge in [0.15, 0.2) is 5.76 Å². The van der Waals surface area contributed by atoms with Crippen molar-refractivity contribution in [2.45, 2.75) is 13.3 Å². The van der Waals surface area contributed by atoms with Crippen LogP contribution in [0.4, 0.5) is 0 Å². The number of ether oxygens (including phenoxy) is 2. The molecule has 1 unspecified atom stereocenters. The molecule has 0 saturated carbocycles. The van der Waals surface area contributed by atoms with Crippen molar-refractivity contribution in [3.63, 3.8) is 0 Å². The van der Waals surface area contributed by atoms with Gasteiger partial charge >= 0.3 is 5.97 Å². The van der Waals surface area contributed by atoms with E-state index in [2.05, 4.69) is 0 Å². The summed E-state index contributed by atoms with van der Waals surface area (Å²) in [6, 6.07) is 9.47. The van der Waals surface area contributed by atoms with E-state index >= 15 is 0 Å². The monoisotopic (exact) mass is 234 g/mol. The van der Waals surface area contributed by atoms with Gasteiger partial charge < -0.3 is 14.6 Å². The predicted molar refractivity (Wildman–Crippen MR) is 61.0 cm³/mol. The normalized spacial score (nSPS) is 17.6. The Kier molecular flexibility index (Phi) is 3.04. The first-order valence-corrected chi connectivity index (χ1v) is 5.35. The molecule has 1 N–H and O–H groups in total. The minimum Gasteiger partial charge on any atom is -0.480 e. The Hall–Kier alpha value is -1.97. The van der Waals surface area contributed by atoms with E-state index in [1.54, 1.807) is 6.92 Å². The molecule has 0 fully saturated rings. The van der Waals surface area contributed by atoms with E-state index in [0.29, 0.717) is 12.2 Å². The molecule has 1 aliphatic rings. The van der Waals surface area contributed by atoms with Gasteiger partial charge in [0.1, 0.15) is 11.7 Å². The average Bonchev–Trinajstić information content (AvgIpc) is 2.84. The fourth-order valence-corrected chi connectivity index (χ4v) is 1.80. The van der Waals surface area contributed by atoms with Crippen molar-refractivity contribution < 1.29 is 19.4 Å². The summed E-state index contributed by atoms with van der Waals surface area (Å²) in [5.74, 6) is -0.549. The van der Waals surface area contributed by atoms with E-state index in [1.807, 2.05) is 30.3 Å². The lowest BCUT2D eigenvalue weighted by Crippen LogP contribution is -2.32. The molecule has 1 heterocycles. The van der Waals surface area contributed by atoms with E-state index in [4.69, 9.17) is 9.47 Å². The molecule has 1 atom stereocenters. The maximum Gasteiger partial charge on any atom is 0.317 e. The van der Waals surface area contributed by atoms with E-state index in [0.717, 1.165) is 5.56 Å². The summed E-state index contributed by atoms with van der Waals surface area (Å²) in [6.45, 7) is 1.73. The highest BCUT2D eigenvalue weighted by Gasteiger charge is 2.41. The number of carboxylic acids is 1. The van der Waals surface area contributed by atoms with Crippen LogP contribution in [0, 0.1) is 5.41 Å². The van der Waals surface area contributed by atoms with Crippen LogP contribution in [-0.2, 0) is 20.7 Å². The summed E-state index contributed by atoms with van der Waals surface area (Å²) >= 11 is 0. The number of carboxylic acid groups (broad SMARTS) is 1. The van der Waals surface area contributed by atoms with Crippen molar-refractivity contribution in [1.82, 2.24) is 0 Å². The molecular formula is C13H14O4. The second-order valence-electron chi connectivity index (χ2n) is 4.21. The molecule has 0 bridgehead atoms. The van der Waals surface area contributed by atoms with Crippen LogP contribution in [0.1, 0.15) is 12.5 Å². The molecule has 1 aromatic carbocycles. The SMILES string of the molecule is CC(Cc1ccccc1)(C(=O)O)C1=COCO1. The number of benzene rings is 1. The zero-order valence-corrected chi connectivity index (χ0v) is 9.55. The predicted octanol–water partition coefficient (Wildman–Crippen LogP) is 2.17. The minimum absolute atomic E-state index is 0.0903. The first kappa shape index (κ1) is 11.5. The summed E-state index contributed by atoms with van der Waals surface area (Å²) in [4.78, 5) is 11.4. The van der Waals surface area contributed by atoms with Crippen LogP contribution < -0.4 is 0 Å². The maximum atomic E-state index is 11.4. The number of aliphatic carboxylic acids is 1. The number of hydrogen-bond acceptors (Lipinski definition) is 3. The molecule has 90 valence electrons. The molecule has 1 aliphatic heterocycles. The topological polar surface area (TPSA) is 55.8 Å². The third-order valence-corrected chi connectivity index (χ3v) is 2.89. The highest BCUT2D eigenvalue weighted by atomic mass is 16.7. The van der Waals surface area contributed by atoms with Gasteiger partial charge in [-0.25, -0.2) is 0 Å². The van der Waals surface area contributed by atoms with Crippen molar-refractivity contribution >= 4 is 5.97 Å². The van der Waals surface area contributed by atoms with Crippen LogP contribution in [0.5, 0.6) is 0 Å². The van der Waals surface area contributed by atoms with Gasteiger partial charge in [0, 0.05) is 0 Å². The first-order valence-electron chi connectivity index (χ1n) is 5.35. The fourth-order valence-electron chi connectivity index (χ4n) is 1.80. The van der Waals surface area contributed by atoms with E-state index in [-0.39, 0.29) is 6.79 Å². The lowest BCUT2D eigenvalue weighted by molar-refractivity contribution is -0.147. The molecule has 0 spiro atoms. The quantitative estimate of drug-likeness (QED) is 0.867. The lowest BCUT2D eigenvalue weighted by atomic mass is 9.82. The van der Waals surface area contributed by atoms with Gasteiger partial charge in [-0.1, -0.05) is 30.3 Å². The number of rotatable bonds is 4. The van der Waals surface area contributed by atoms with Crippen LogP contribution in [0.3, 0.4) is 0 Å². The summed E-state index contributed by atoms with van der Waals surface area (Å²) in [5.41, 5.74) is -0.133. The van der Waals surface area contributed by atoms with E-state index < -0.39 is 11.4 Å². The van der Waals surface area contributed by atoms with E-state index in [9.17, 15) is 9.90 Å². The molecule has 1 aromatic rings. The van der Waals surface area contributed by atoms with Crippen LogP contribution in [0.15, 0.2) is 42.4 Å². The summed E-state index contributed by atoms with van der Waals surface area (Å²) in [5, 5.41) is 9.38. The molecule has 0 amide bonds. The molecule has 2 rings (SSSR count). The number of hydrogen-bond donors (Lipinski definition) is 1. The summed E-state index contributed by atoms with van der Waals surface area (Å²) in [7, 11) is 0. The van der Waals surface area contributed by atoms with Gasteiger partial charge in [0.25, 0.3) is 0 Å². The van der Waals surface area contributed by atoms with Crippen LogP contribution >= 0.6 is 0 Å². The highest BCUT2D eigenvalue weighted by Crippen LogP contribution is 2.34. The van der Waals surface area contributed by atoms with Crippen molar-refractivity contribution in [1.29, 1.82) is 0 Å². The molecule has 0 radical (unpaired) electrons. The maximum absolute atomic E-state index is 11.4. The van der Waals surface area contributed by atoms with Gasteiger partial charge in [0.05, 0.1) is 0 Å². The van der Waals surface area contributed by atoms with Crippen molar-refractivity contribution in [3.8, 4) is 0 Å². The Bertz CT molecular complexity index is 438. The first-order chi connectivity index (χ1) is 8.13. The largest absolute Gasteiger partial charge is 0.480 e.